The Bertz CT molecular complexity index is 825. The van der Waals surface area contributed by atoms with Gasteiger partial charge in [0.15, 0.2) is 6.61 Å². The highest BCUT2D eigenvalue weighted by molar-refractivity contribution is 5.93. The van der Waals surface area contributed by atoms with Crippen LogP contribution in [0.25, 0.3) is 0 Å². The minimum Gasteiger partial charge on any atom is -0.484 e. The largest absolute Gasteiger partial charge is 0.484 e. The first kappa shape index (κ1) is 23.1. The van der Waals surface area contributed by atoms with Crippen LogP contribution in [0.3, 0.4) is 0 Å². The highest BCUT2D eigenvalue weighted by atomic mass is 19.4. The van der Waals surface area contributed by atoms with E-state index in [4.69, 9.17) is 0 Å². The Hall–Kier alpha value is -3.23. The molecule has 0 aliphatic carbocycles. The molecule has 1 unspecified atom stereocenters. The smallest absolute Gasteiger partial charge is 0.422 e. The maximum Gasteiger partial charge on any atom is 0.422 e. The normalized spacial score (nSPS) is 12.2. The van der Waals surface area contributed by atoms with Gasteiger partial charge in [0.2, 0.25) is 5.91 Å². The Morgan fingerprint density at radius 1 is 1.00 bits per heavy atom. The fourth-order valence-electron chi connectivity index (χ4n) is 2.53. The molecule has 0 fully saturated rings. The van der Waals surface area contributed by atoms with Gasteiger partial charge in [0.25, 0.3) is 0 Å². The summed E-state index contributed by atoms with van der Waals surface area (Å²) in [4.78, 5) is 24.7. The van der Waals surface area contributed by atoms with E-state index in [0.29, 0.717) is 11.3 Å². The van der Waals surface area contributed by atoms with E-state index >= 15 is 0 Å². The maximum atomic E-state index is 12.5. The van der Waals surface area contributed by atoms with E-state index in [-0.39, 0.29) is 24.1 Å². The summed E-state index contributed by atoms with van der Waals surface area (Å²) in [6.45, 7) is 2.40. The second-order valence-corrected chi connectivity index (χ2v) is 6.95. The van der Waals surface area contributed by atoms with Crippen LogP contribution in [0.1, 0.15) is 19.4 Å². The summed E-state index contributed by atoms with van der Waals surface area (Å²) in [5, 5.41) is 8.04. The van der Waals surface area contributed by atoms with Crippen LogP contribution in [0.15, 0.2) is 54.6 Å². The average Bonchev–Trinajstić information content (AvgIpc) is 2.69. The van der Waals surface area contributed by atoms with Crippen molar-refractivity contribution in [1.82, 2.24) is 10.6 Å². The molecule has 162 valence electrons. The van der Waals surface area contributed by atoms with E-state index in [9.17, 15) is 22.8 Å². The van der Waals surface area contributed by atoms with Gasteiger partial charge in [-0.25, -0.2) is 4.79 Å². The Labute approximate surface area is 172 Å². The molecule has 9 heteroatoms. The number of hydrogen-bond acceptors (Lipinski definition) is 3. The van der Waals surface area contributed by atoms with Gasteiger partial charge in [-0.15, -0.1) is 0 Å². The highest BCUT2D eigenvalue weighted by Crippen LogP contribution is 2.19. The lowest BCUT2D eigenvalue weighted by Gasteiger charge is -2.22. The van der Waals surface area contributed by atoms with Gasteiger partial charge in [0, 0.05) is 12.2 Å². The quantitative estimate of drug-likeness (QED) is 0.598. The number of benzene rings is 2. The van der Waals surface area contributed by atoms with Crippen molar-refractivity contribution in [3.8, 4) is 5.75 Å². The number of ether oxygens (including phenoxy) is 1. The van der Waals surface area contributed by atoms with Gasteiger partial charge >= 0.3 is 12.2 Å². The molecule has 3 N–H and O–H groups in total. The van der Waals surface area contributed by atoms with Gasteiger partial charge in [0.1, 0.15) is 11.8 Å². The number of urea groups is 1. The Balaban J connectivity index is 1.86. The molecule has 0 aliphatic heterocycles. The van der Waals surface area contributed by atoms with Crippen molar-refractivity contribution in [2.24, 2.45) is 5.92 Å². The summed E-state index contributed by atoms with van der Waals surface area (Å²) in [6, 6.07) is 13.5. The molecule has 30 heavy (non-hydrogen) atoms. The van der Waals surface area contributed by atoms with Crippen LogP contribution in [-0.2, 0) is 11.3 Å². The van der Waals surface area contributed by atoms with Crippen LogP contribution in [0.4, 0.5) is 23.7 Å². The number of carbonyl (C=O) groups excluding carboxylic acids is 2. The Kier molecular flexibility index (Phi) is 8.08. The molecule has 0 bridgehead atoms. The van der Waals surface area contributed by atoms with Gasteiger partial charge in [-0.1, -0.05) is 44.2 Å². The molecule has 6 nitrogen and oxygen atoms in total. The minimum atomic E-state index is -4.40. The molecule has 2 rings (SSSR count). The SMILES string of the molecule is CC(C)C(NC(=O)Nc1ccccc1)C(=O)NCc1ccc(OCC(F)(F)F)cc1. The zero-order valence-corrected chi connectivity index (χ0v) is 16.6. The van der Waals surface area contributed by atoms with Crippen molar-refractivity contribution < 1.29 is 27.5 Å². The van der Waals surface area contributed by atoms with Crippen LogP contribution >= 0.6 is 0 Å². The molecule has 2 aromatic carbocycles. The number of alkyl halides is 3. The third-order valence-electron chi connectivity index (χ3n) is 4.06. The third kappa shape index (κ3) is 8.02. The second kappa shape index (κ2) is 10.5. The van der Waals surface area contributed by atoms with Crippen LogP contribution in [-0.4, -0.2) is 30.8 Å². The summed E-state index contributed by atoms with van der Waals surface area (Å²) >= 11 is 0. The summed E-state index contributed by atoms with van der Waals surface area (Å²) in [5.41, 5.74) is 1.28. The monoisotopic (exact) mass is 423 g/mol. The first-order chi connectivity index (χ1) is 14.1. The fraction of sp³-hybridized carbons (Fsp3) is 0.333. The lowest BCUT2D eigenvalue weighted by Crippen LogP contribution is -2.50. The van der Waals surface area contributed by atoms with Crippen LogP contribution in [0.5, 0.6) is 5.75 Å². The van der Waals surface area contributed by atoms with Crippen molar-refractivity contribution >= 4 is 17.6 Å². The minimum absolute atomic E-state index is 0.0849. The highest BCUT2D eigenvalue weighted by Gasteiger charge is 2.28. The third-order valence-corrected chi connectivity index (χ3v) is 4.06. The second-order valence-electron chi connectivity index (χ2n) is 6.95. The molecule has 2 aromatic rings. The van der Waals surface area contributed by atoms with Gasteiger partial charge in [0.05, 0.1) is 0 Å². The molecule has 0 radical (unpaired) electrons. The number of nitrogens with one attached hydrogen (secondary N) is 3. The van der Waals surface area contributed by atoms with E-state index in [1.165, 1.54) is 12.1 Å². The standard InChI is InChI=1S/C21H24F3N3O3/c1-14(2)18(27-20(29)26-16-6-4-3-5-7-16)19(28)25-12-15-8-10-17(11-9-15)30-13-21(22,23)24/h3-11,14,18H,12-13H2,1-2H3,(H,25,28)(H2,26,27,29). The molecular formula is C21H24F3N3O3. The predicted molar refractivity (Wildman–Crippen MR) is 107 cm³/mol. The topological polar surface area (TPSA) is 79.5 Å². The molecule has 0 aliphatic rings. The van der Waals surface area contributed by atoms with Gasteiger partial charge < -0.3 is 20.7 Å². The average molecular weight is 423 g/mol. The van der Waals surface area contributed by atoms with E-state index in [1.807, 2.05) is 6.07 Å². The van der Waals surface area contributed by atoms with Crippen molar-refractivity contribution in [3.05, 3.63) is 60.2 Å². The van der Waals surface area contributed by atoms with E-state index in [1.54, 1.807) is 50.2 Å². The van der Waals surface area contributed by atoms with Gasteiger partial charge in [-0.2, -0.15) is 13.2 Å². The van der Waals surface area contributed by atoms with Crippen molar-refractivity contribution in [3.63, 3.8) is 0 Å². The molecular weight excluding hydrogens is 399 g/mol. The van der Waals surface area contributed by atoms with E-state index < -0.39 is 24.9 Å². The maximum absolute atomic E-state index is 12.5. The zero-order chi connectivity index (χ0) is 22.1. The van der Waals surface area contributed by atoms with Crippen LogP contribution in [0, 0.1) is 5.92 Å². The number of hydrogen-bond donors (Lipinski definition) is 3. The van der Waals surface area contributed by atoms with E-state index in [2.05, 4.69) is 20.7 Å². The number of para-hydroxylation sites is 1. The van der Waals surface area contributed by atoms with Crippen molar-refractivity contribution in [2.75, 3.05) is 11.9 Å². The van der Waals surface area contributed by atoms with Crippen molar-refractivity contribution in [2.45, 2.75) is 32.6 Å². The number of rotatable bonds is 8. The molecule has 0 saturated carbocycles. The molecule has 0 heterocycles. The molecule has 0 saturated heterocycles. The first-order valence-corrected chi connectivity index (χ1v) is 9.33. The van der Waals surface area contributed by atoms with Crippen LogP contribution < -0.4 is 20.7 Å². The van der Waals surface area contributed by atoms with Gasteiger partial charge in [-0.3, -0.25) is 4.79 Å². The van der Waals surface area contributed by atoms with Gasteiger partial charge in [-0.05, 0) is 35.7 Å². The Morgan fingerprint density at radius 3 is 2.20 bits per heavy atom. The Morgan fingerprint density at radius 2 is 1.63 bits per heavy atom. The summed E-state index contributed by atoms with van der Waals surface area (Å²) < 4.78 is 41.2. The van der Waals surface area contributed by atoms with Crippen LogP contribution in [0.2, 0.25) is 0 Å². The number of carbonyl (C=O) groups is 2. The summed E-state index contributed by atoms with van der Waals surface area (Å²) in [6.07, 6.45) is -4.40. The molecule has 1 atom stereocenters. The zero-order valence-electron chi connectivity index (χ0n) is 16.6. The molecule has 0 spiro atoms. The molecule has 0 aromatic heterocycles. The lowest BCUT2D eigenvalue weighted by molar-refractivity contribution is -0.153. The summed E-state index contributed by atoms with van der Waals surface area (Å²) in [5.74, 6) is -0.447. The predicted octanol–water partition coefficient (Wildman–Crippen LogP) is 4.09. The summed E-state index contributed by atoms with van der Waals surface area (Å²) in [7, 11) is 0. The van der Waals surface area contributed by atoms with E-state index in [0.717, 1.165) is 0 Å². The van der Waals surface area contributed by atoms with Crippen molar-refractivity contribution in [1.29, 1.82) is 0 Å². The fourth-order valence-corrected chi connectivity index (χ4v) is 2.53. The molecule has 3 amide bonds. The lowest BCUT2D eigenvalue weighted by atomic mass is 10.0. The number of amides is 3. The number of halogens is 3. The number of anilines is 1. The first-order valence-electron chi connectivity index (χ1n) is 9.33.